The quantitative estimate of drug-likeness (QED) is 0.502. The molecule has 0 saturated carbocycles. The summed E-state index contributed by atoms with van der Waals surface area (Å²) in [4.78, 5) is 22.9. The molecule has 25 heavy (non-hydrogen) atoms. The third kappa shape index (κ3) is 5.94. The van der Waals surface area contributed by atoms with Gasteiger partial charge in [0.15, 0.2) is 0 Å². The second kappa shape index (κ2) is 9.89. The van der Waals surface area contributed by atoms with Crippen LogP contribution in [-0.4, -0.2) is 31.7 Å². The van der Waals surface area contributed by atoms with Gasteiger partial charge in [0.2, 0.25) is 0 Å². The van der Waals surface area contributed by atoms with Crippen LogP contribution in [0, 0.1) is 0 Å². The van der Waals surface area contributed by atoms with E-state index in [-0.39, 0.29) is 11.2 Å². The Kier molecular flexibility index (Phi) is 7.54. The number of aldehydes is 1. The molecule has 0 heterocycles. The van der Waals surface area contributed by atoms with E-state index < -0.39 is 0 Å². The molecule has 0 aliphatic carbocycles. The zero-order valence-corrected chi connectivity index (χ0v) is 15.3. The summed E-state index contributed by atoms with van der Waals surface area (Å²) in [5, 5.41) is -0.0797. The van der Waals surface area contributed by atoms with Crippen molar-refractivity contribution in [2.24, 2.45) is 0 Å². The van der Waals surface area contributed by atoms with Crippen molar-refractivity contribution in [2.75, 3.05) is 14.2 Å². The maximum Gasteiger partial charge on any atom is 0.337 e. The second-order valence-electron chi connectivity index (χ2n) is 5.56. The minimum absolute atomic E-state index is 0.0797. The first kappa shape index (κ1) is 19.1. The van der Waals surface area contributed by atoms with Crippen LogP contribution in [0.1, 0.15) is 27.9 Å². The molecule has 4 nitrogen and oxygen atoms in total. The van der Waals surface area contributed by atoms with Gasteiger partial charge < -0.3 is 14.3 Å². The molecule has 2 aromatic carbocycles. The van der Waals surface area contributed by atoms with Crippen molar-refractivity contribution in [3.63, 3.8) is 0 Å². The number of ether oxygens (including phenoxy) is 2. The van der Waals surface area contributed by atoms with Crippen molar-refractivity contribution in [1.29, 1.82) is 0 Å². The van der Waals surface area contributed by atoms with Crippen LogP contribution in [-0.2, 0) is 21.7 Å². The van der Waals surface area contributed by atoms with Gasteiger partial charge in [-0.1, -0.05) is 24.3 Å². The maximum absolute atomic E-state index is 11.6. The van der Waals surface area contributed by atoms with Gasteiger partial charge in [0.1, 0.15) is 12.0 Å². The lowest BCUT2D eigenvalue weighted by Gasteiger charge is -2.11. The zero-order chi connectivity index (χ0) is 18.1. The molecular formula is C20H22O4S. The van der Waals surface area contributed by atoms with E-state index in [9.17, 15) is 9.59 Å². The molecule has 0 bridgehead atoms. The van der Waals surface area contributed by atoms with E-state index in [1.807, 2.05) is 42.5 Å². The Bertz CT molecular complexity index is 697. The molecule has 5 heteroatoms. The van der Waals surface area contributed by atoms with Gasteiger partial charge in [-0.3, -0.25) is 0 Å². The van der Waals surface area contributed by atoms with E-state index in [1.54, 1.807) is 24.9 Å². The van der Waals surface area contributed by atoms with Crippen molar-refractivity contribution in [3.8, 4) is 5.75 Å². The van der Waals surface area contributed by atoms with Crippen LogP contribution in [0.4, 0.5) is 0 Å². The van der Waals surface area contributed by atoms with Crippen LogP contribution in [0.5, 0.6) is 5.75 Å². The van der Waals surface area contributed by atoms with E-state index in [1.165, 1.54) is 7.11 Å². The topological polar surface area (TPSA) is 52.6 Å². The fourth-order valence-corrected chi connectivity index (χ4v) is 3.36. The standard InChI is InChI=1S/C20H22O4S/c1-23-18-9-6-16(7-10-18)14-25-19(13-21)11-8-15-4-3-5-17(12-15)20(22)24-2/h3-7,9-10,12-13,19H,8,11,14H2,1-2H3. The van der Waals surface area contributed by atoms with Gasteiger partial charge in [0.05, 0.1) is 25.0 Å². The Morgan fingerprint density at radius 1 is 1.12 bits per heavy atom. The van der Waals surface area contributed by atoms with E-state index in [4.69, 9.17) is 9.47 Å². The molecule has 0 amide bonds. The molecule has 0 spiro atoms. The fourth-order valence-electron chi connectivity index (χ4n) is 2.40. The van der Waals surface area contributed by atoms with Gasteiger partial charge in [0, 0.05) is 5.75 Å². The molecule has 0 fully saturated rings. The molecule has 2 rings (SSSR count). The average molecular weight is 358 g/mol. The van der Waals surface area contributed by atoms with Crippen molar-refractivity contribution >= 4 is 24.0 Å². The molecule has 0 aromatic heterocycles. The summed E-state index contributed by atoms with van der Waals surface area (Å²) in [6, 6.07) is 15.2. The predicted molar refractivity (Wildman–Crippen MR) is 100 cm³/mol. The minimum atomic E-state index is -0.345. The second-order valence-corrected chi connectivity index (χ2v) is 6.79. The summed E-state index contributed by atoms with van der Waals surface area (Å²) < 4.78 is 9.88. The van der Waals surface area contributed by atoms with Crippen LogP contribution in [0.15, 0.2) is 48.5 Å². The van der Waals surface area contributed by atoms with Crippen molar-refractivity contribution in [3.05, 3.63) is 65.2 Å². The Hall–Kier alpha value is -2.27. The Balaban J connectivity index is 1.87. The minimum Gasteiger partial charge on any atom is -0.497 e. The van der Waals surface area contributed by atoms with Gasteiger partial charge in [-0.05, 0) is 48.2 Å². The number of aryl methyl sites for hydroxylation is 1. The molecule has 0 saturated heterocycles. The van der Waals surface area contributed by atoms with Gasteiger partial charge in [0.25, 0.3) is 0 Å². The first-order chi connectivity index (χ1) is 12.2. The van der Waals surface area contributed by atoms with E-state index in [0.29, 0.717) is 5.56 Å². The fraction of sp³-hybridized carbons (Fsp3) is 0.300. The van der Waals surface area contributed by atoms with Crippen LogP contribution in [0.3, 0.4) is 0 Å². The number of thioether (sulfide) groups is 1. The number of rotatable bonds is 9. The highest BCUT2D eigenvalue weighted by atomic mass is 32.2. The number of carbonyl (C=O) groups is 2. The molecule has 2 aromatic rings. The molecule has 0 aliphatic heterocycles. The summed E-state index contributed by atoms with van der Waals surface area (Å²) in [6.07, 6.45) is 2.47. The third-order valence-electron chi connectivity index (χ3n) is 3.84. The number of hydrogen-bond donors (Lipinski definition) is 0. The van der Waals surface area contributed by atoms with Crippen LogP contribution < -0.4 is 4.74 Å². The van der Waals surface area contributed by atoms with Crippen molar-refractivity contribution in [1.82, 2.24) is 0 Å². The van der Waals surface area contributed by atoms with E-state index in [0.717, 1.165) is 41.8 Å². The SMILES string of the molecule is COC(=O)c1cccc(CCC(C=O)SCc2ccc(OC)cc2)c1. The number of carbonyl (C=O) groups excluding carboxylic acids is 2. The molecule has 0 radical (unpaired) electrons. The molecule has 1 atom stereocenters. The number of benzene rings is 2. The Labute approximate surface area is 152 Å². The summed E-state index contributed by atoms with van der Waals surface area (Å²) in [5.74, 6) is 1.25. The average Bonchev–Trinajstić information content (AvgIpc) is 2.68. The van der Waals surface area contributed by atoms with Crippen molar-refractivity contribution < 1.29 is 19.1 Å². The van der Waals surface area contributed by atoms with Gasteiger partial charge in [-0.2, -0.15) is 0 Å². The van der Waals surface area contributed by atoms with Crippen LogP contribution >= 0.6 is 11.8 Å². The Morgan fingerprint density at radius 3 is 2.52 bits per heavy atom. The third-order valence-corrected chi connectivity index (χ3v) is 5.12. The lowest BCUT2D eigenvalue weighted by atomic mass is 10.1. The van der Waals surface area contributed by atoms with Crippen LogP contribution in [0.25, 0.3) is 0 Å². The van der Waals surface area contributed by atoms with Crippen LogP contribution in [0.2, 0.25) is 0 Å². The monoisotopic (exact) mass is 358 g/mol. The summed E-state index contributed by atoms with van der Waals surface area (Å²) in [6.45, 7) is 0. The number of esters is 1. The van der Waals surface area contributed by atoms with Crippen molar-refractivity contribution in [2.45, 2.75) is 23.8 Å². The normalized spacial score (nSPS) is 11.6. The summed E-state index contributed by atoms with van der Waals surface area (Å²) >= 11 is 1.62. The highest BCUT2D eigenvalue weighted by Crippen LogP contribution is 2.22. The number of methoxy groups -OCH3 is 2. The molecule has 132 valence electrons. The smallest absolute Gasteiger partial charge is 0.337 e. The first-order valence-corrected chi connectivity index (χ1v) is 9.08. The molecule has 1 unspecified atom stereocenters. The zero-order valence-electron chi connectivity index (χ0n) is 14.4. The summed E-state index contributed by atoms with van der Waals surface area (Å²) in [5.41, 5.74) is 2.72. The summed E-state index contributed by atoms with van der Waals surface area (Å²) in [7, 11) is 3.01. The van der Waals surface area contributed by atoms with Gasteiger partial charge in [-0.15, -0.1) is 11.8 Å². The van der Waals surface area contributed by atoms with Gasteiger partial charge >= 0.3 is 5.97 Å². The largest absolute Gasteiger partial charge is 0.497 e. The van der Waals surface area contributed by atoms with E-state index in [2.05, 4.69) is 0 Å². The lowest BCUT2D eigenvalue weighted by molar-refractivity contribution is -0.107. The highest BCUT2D eigenvalue weighted by Gasteiger charge is 2.10. The maximum atomic E-state index is 11.6. The first-order valence-electron chi connectivity index (χ1n) is 8.03. The number of hydrogen-bond acceptors (Lipinski definition) is 5. The molecular weight excluding hydrogens is 336 g/mol. The van der Waals surface area contributed by atoms with E-state index >= 15 is 0 Å². The predicted octanol–water partition coefficient (Wildman–Crippen LogP) is 3.92. The molecule has 0 N–H and O–H groups in total. The lowest BCUT2D eigenvalue weighted by Crippen LogP contribution is -2.07. The Morgan fingerprint density at radius 2 is 1.88 bits per heavy atom. The van der Waals surface area contributed by atoms with Gasteiger partial charge in [-0.25, -0.2) is 4.79 Å². The molecule has 0 aliphatic rings. The highest BCUT2D eigenvalue weighted by molar-refractivity contribution is 7.99.